The second-order valence-corrected chi connectivity index (χ2v) is 5.98. The number of carbonyl (C=O) groups excluding carboxylic acids is 2. The van der Waals surface area contributed by atoms with Gasteiger partial charge in [-0.05, 0) is 24.3 Å². The molecule has 5 nitrogen and oxygen atoms in total. The standard InChI is InChI=1S/C11H11NO4S/c1-17(15,16)10-4-2-8(3-5-10)12-7-9(13)6-11(12)14/h2-5H,6-7H2,1H3. The van der Waals surface area contributed by atoms with E-state index in [1.54, 1.807) is 0 Å². The van der Waals surface area contributed by atoms with Crippen LogP contribution in [-0.4, -0.2) is 32.9 Å². The molecule has 0 spiro atoms. The topological polar surface area (TPSA) is 71.5 Å². The maximum atomic E-state index is 11.5. The number of nitrogens with zero attached hydrogens (tertiary/aromatic N) is 1. The number of ketones is 1. The predicted molar refractivity (Wildman–Crippen MR) is 61.5 cm³/mol. The third-order valence-electron chi connectivity index (χ3n) is 2.56. The molecule has 1 aliphatic rings. The van der Waals surface area contributed by atoms with E-state index in [1.165, 1.54) is 29.2 Å². The van der Waals surface area contributed by atoms with Gasteiger partial charge in [0.15, 0.2) is 15.6 Å². The number of benzene rings is 1. The fraction of sp³-hybridized carbons (Fsp3) is 0.273. The quantitative estimate of drug-likeness (QED) is 0.715. The lowest BCUT2D eigenvalue weighted by Crippen LogP contribution is -2.24. The van der Waals surface area contributed by atoms with Crippen LogP contribution in [0.5, 0.6) is 0 Å². The molecule has 0 aliphatic carbocycles. The minimum Gasteiger partial charge on any atom is -0.305 e. The fourth-order valence-corrected chi connectivity index (χ4v) is 2.32. The molecule has 2 rings (SSSR count). The van der Waals surface area contributed by atoms with Gasteiger partial charge in [-0.15, -0.1) is 0 Å². The molecular formula is C11H11NO4S. The van der Waals surface area contributed by atoms with Crippen molar-refractivity contribution < 1.29 is 18.0 Å². The summed E-state index contributed by atoms with van der Waals surface area (Å²) in [5, 5.41) is 0. The average Bonchev–Trinajstić information content (AvgIpc) is 2.57. The van der Waals surface area contributed by atoms with E-state index in [1.807, 2.05) is 0 Å². The fourth-order valence-electron chi connectivity index (χ4n) is 1.69. The minimum atomic E-state index is -3.24. The third-order valence-corrected chi connectivity index (χ3v) is 3.69. The zero-order chi connectivity index (χ0) is 12.6. The van der Waals surface area contributed by atoms with E-state index in [0.717, 1.165) is 6.26 Å². The average molecular weight is 253 g/mol. The van der Waals surface area contributed by atoms with Crippen LogP contribution in [0.4, 0.5) is 5.69 Å². The zero-order valence-electron chi connectivity index (χ0n) is 9.21. The highest BCUT2D eigenvalue weighted by Gasteiger charge is 2.28. The number of hydrogen-bond donors (Lipinski definition) is 0. The maximum absolute atomic E-state index is 11.5. The lowest BCUT2D eigenvalue weighted by Gasteiger charge is -2.14. The molecule has 0 radical (unpaired) electrons. The van der Waals surface area contributed by atoms with Crippen molar-refractivity contribution in [3.05, 3.63) is 24.3 Å². The second-order valence-electron chi connectivity index (χ2n) is 3.96. The van der Waals surface area contributed by atoms with Crippen LogP contribution in [0.15, 0.2) is 29.2 Å². The van der Waals surface area contributed by atoms with Crippen molar-refractivity contribution in [1.29, 1.82) is 0 Å². The number of sulfone groups is 1. The molecule has 1 heterocycles. The Morgan fingerprint density at radius 2 is 1.71 bits per heavy atom. The van der Waals surface area contributed by atoms with E-state index in [9.17, 15) is 18.0 Å². The van der Waals surface area contributed by atoms with E-state index in [0.29, 0.717) is 5.69 Å². The molecule has 1 aromatic carbocycles. The van der Waals surface area contributed by atoms with Crippen molar-refractivity contribution in [2.45, 2.75) is 11.3 Å². The Morgan fingerprint density at radius 1 is 1.12 bits per heavy atom. The van der Waals surface area contributed by atoms with Crippen LogP contribution in [0.25, 0.3) is 0 Å². The van der Waals surface area contributed by atoms with Crippen molar-refractivity contribution in [2.75, 3.05) is 17.7 Å². The Balaban J connectivity index is 2.31. The molecular weight excluding hydrogens is 242 g/mol. The van der Waals surface area contributed by atoms with E-state index in [2.05, 4.69) is 0 Å². The summed E-state index contributed by atoms with van der Waals surface area (Å²) in [6.45, 7) is 0.0665. The summed E-state index contributed by atoms with van der Waals surface area (Å²) < 4.78 is 22.5. The molecule has 0 bridgehead atoms. The van der Waals surface area contributed by atoms with Gasteiger partial charge in [0.25, 0.3) is 0 Å². The Kier molecular flexibility index (Phi) is 2.74. The van der Waals surface area contributed by atoms with Gasteiger partial charge < -0.3 is 4.90 Å². The van der Waals surface area contributed by atoms with Gasteiger partial charge in [0.2, 0.25) is 5.91 Å². The number of amides is 1. The van der Waals surface area contributed by atoms with E-state index in [-0.39, 0.29) is 29.6 Å². The Morgan fingerprint density at radius 3 is 2.12 bits per heavy atom. The van der Waals surface area contributed by atoms with E-state index >= 15 is 0 Å². The van der Waals surface area contributed by atoms with Crippen molar-refractivity contribution in [3.63, 3.8) is 0 Å². The highest BCUT2D eigenvalue weighted by Crippen LogP contribution is 2.21. The maximum Gasteiger partial charge on any atom is 0.234 e. The second kappa shape index (κ2) is 3.96. The molecule has 1 fully saturated rings. The van der Waals surface area contributed by atoms with Crippen molar-refractivity contribution in [1.82, 2.24) is 0 Å². The molecule has 1 amide bonds. The number of hydrogen-bond acceptors (Lipinski definition) is 4. The van der Waals surface area contributed by atoms with Gasteiger partial charge in [-0.25, -0.2) is 8.42 Å². The molecule has 6 heteroatoms. The van der Waals surface area contributed by atoms with Crippen LogP contribution in [0.1, 0.15) is 6.42 Å². The lowest BCUT2D eigenvalue weighted by molar-refractivity contribution is -0.121. The lowest BCUT2D eigenvalue weighted by atomic mass is 10.3. The van der Waals surface area contributed by atoms with E-state index < -0.39 is 9.84 Å². The zero-order valence-corrected chi connectivity index (χ0v) is 10.0. The molecule has 1 aliphatic heterocycles. The highest BCUT2D eigenvalue weighted by molar-refractivity contribution is 7.90. The Labute approximate surface area is 99.0 Å². The first-order valence-corrected chi connectivity index (χ1v) is 6.89. The SMILES string of the molecule is CS(=O)(=O)c1ccc(N2CC(=O)CC2=O)cc1. The number of carbonyl (C=O) groups is 2. The first-order chi connectivity index (χ1) is 7.88. The number of Topliss-reactive ketones (excluding diaryl/α,β-unsaturated/α-hetero) is 1. The first-order valence-electron chi connectivity index (χ1n) is 5.00. The van der Waals surface area contributed by atoms with E-state index in [4.69, 9.17) is 0 Å². The van der Waals surface area contributed by atoms with Gasteiger partial charge in [-0.2, -0.15) is 0 Å². The van der Waals surface area contributed by atoms with Crippen molar-refractivity contribution in [2.24, 2.45) is 0 Å². The van der Waals surface area contributed by atoms with Gasteiger partial charge in [-0.3, -0.25) is 9.59 Å². The molecule has 0 aromatic heterocycles. The smallest absolute Gasteiger partial charge is 0.234 e. The molecule has 17 heavy (non-hydrogen) atoms. The highest BCUT2D eigenvalue weighted by atomic mass is 32.2. The number of rotatable bonds is 2. The molecule has 0 atom stereocenters. The largest absolute Gasteiger partial charge is 0.305 e. The van der Waals surface area contributed by atoms with Crippen LogP contribution in [0, 0.1) is 0 Å². The Hall–Kier alpha value is -1.69. The minimum absolute atomic E-state index is 0.0665. The molecule has 1 aromatic rings. The van der Waals surface area contributed by atoms with Crippen LogP contribution in [0.3, 0.4) is 0 Å². The van der Waals surface area contributed by atoms with Gasteiger partial charge >= 0.3 is 0 Å². The van der Waals surface area contributed by atoms with Crippen LogP contribution in [0.2, 0.25) is 0 Å². The van der Waals surface area contributed by atoms with Gasteiger partial charge in [0.05, 0.1) is 17.9 Å². The van der Waals surface area contributed by atoms with Crippen LogP contribution in [-0.2, 0) is 19.4 Å². The Bertz CT molecular complexity index is 574. The van der Waals surface area contributed by atoms with Crippen LogP contribution >= 0.6 is 0 Å². The molecule has 1 saturated heterocycles. The molecule has 0 N–H and O–H groups in total. The van der Waals surface area contributed by atoms with Crippen LogP contribution < -0.4 is 4.90 Å². The predicted octanol–water partition coefficient (Wildman–Crippen LogP) is 0.396. The summed E-state index contributed by atoms with van der Waals surface area (Å²) in [5.74, 6) is -0.371. The summed E-state index contributed by atoms with van der Waals surface area (Å²) in [5.41, 5.74) is 0.549. The van der Waals surface area contributed by atoms with Crippen molar-refractivity contribution in [3.8, 4) is 0 Å². The summed E-state index contributed by atoms with van der Waals surface area (Å²) >= 11 is 0. The summed E-state index contributed by atoms with van der Waals surface area (Å²) in [4.78, 5) is 24.1. The summed E-state index contributed by atoms with van der Waals surface area (Å²) in [6.07, 6.45) is 1.04. The number of anilines is 1. The first kappa shape index (κ1) is 11.8. The monoisotopic (exact) mass is 253 g/mol. The van der Waals surface area contributed by atoms with Crippen molar-refractivity contribution >= 4 is 27.2 Å². The molecule has 0 unspecified atom stereocenters. The summed E-state index contributed by atoms with van der Waals surface area (Å²) in [7, 11) is -3.24. The molecule has 90 valence electrons. The summed E-state index contributed by atoms with van der Waals surface area (Å²) in [6, 6.07) is 5.93. The molecule has 0 saturated carbocycles. The normalized spacial score (nSPS) is 16.6. The third kappa shape index (κ3) is 2.36. The van der Waals surface area contributed by atoms with Gasteiger partial charge in [0.1, 0.15) is 0 Å². The van der Waals surface area contributed by atoms with Gasteiger partial charge in [-0.1, -0.05) is 0 Å². The van der Waals surface area contributed by atoms with Gasteiger partial charge in [0, 0.05) is 11.9 Å².